The van der Waals surface area contributed by atoms with Crippen molar-refractivity contribution >= 4 is 16.1 Å². The standard InChI is InChI=1S/C21H28N2O5S/c1-17(20-9-6-14-27-20)22(2)29(25,26)16-19-10-12-23(13-11-19)21(24)28-15-18-7-4-3-5-8-18/h3-9,14,17,19H,10-13,15-16H2,1-2H3. The lowest BCUT2D eigenvalue weighted by Crippen LogP contribution is -2.42. The number of amides is 1. The number of benzene rings is 1. The fraction of sp³-hybridized carbons (Fsp3) is 0.476. The molecule has 0 spiro atoms. The van der Waals surface area contributed by atoms with Gasteiger partial charge in [0.15, 0.2) is 0 Å². The predicted octanol–water partition coefficient (Wildman–Crippen LogP) is 3.65. The monoisotopic (exact) mass is 420 g/mol. The number of hydrogen-bond donors (Lipinski definition) is 0. The number of likely N-dealkylation sites (tertiary alicyclic amines) is 1. The van der Waals surface area contributed by atoms with Gasteiger partial charge in [0, 0.05) is 20.1 Å². The van der Waals surface area contributed by atoms with Crippen LogP contribution in [-0.2, 0) is 21.4 Å². The quantitative estimate of drug-likeness (QED) is 0.683. The molecule has 1 fully saturated rings. The highest BCUT2D eigenvalue weighted by Gasteiger charge is 2.31. The number of carbonyl (C=O) groups excluding carboxylic acids is 1. The molecule has 158 valence electrons. The van der Waals surface area contributed by atoms with Gasteiger partial charge in [-0.1, -0.05) is 30.3 Å². The maximum Gasteiger partial charge on any atom is 0.410 e. The van der Waals surface area contributed by atoms with E-state index in [1.165, 1.54) is 4.31 Å². The Labute approximate surface area is 172 Å². The Hall–Kier alpha value is -2.32. The van der Waals surface area contributed by atoms with Gasteiger partial charge in [-0.15, -0.1) is 0 Å². The molecule has 0 radical (unpaired) electrons. The van der Waals surface area contributed by atoms with Gasteiger partial charge in [-0.25, -0.2) is 13.2 Å². The first kappa shape index (κ1) is 21.4. The Morgan fingerprint density at radius 3 is 2.52 bits per heavy atom. The van der Waals surface area contributed by atoms with Gasteiger partial charge in [-0.3, -0.25) is 0 Å². The summed E-state index contributed by atoms with van der Waals surface area (Å²) in [5.74, 6) is 0.707. The van der Waals surface area contributed by atoms with E-state index in [9.17, 15) is 13.2 Å². The maximum absolute atomic E-state index is 12.8. The second-order valence-corrected chi connectivity index (χ2v) is 9.53. The summed E-state index contributed by atoms with van der Waals surface area (Å²) in [6, 6.07) is 12.7. The van der Waals surface area contributed by atoms with Crippen LogP contribution in [0.5, 0.6) is 0 Å². The number of furan rings is 1. The van der Waals surface area contributed by atoms with Crippen LogP contribution in [0.1, 0.15) is 37.1 Å². The summed E-state index contributed by atoms with van der Waals surface area (Å²) >= 11 is 0. The number of piperidine rings is 1. The Morgan fingerprint density at radius 2 is 1.90 bits per heavy atom. The highest BCUT2D eigenvalue weighted by molar-refractivity contribution is 7.89. The molecule has 8 heteroatoms. The molecule has 1 unspecified atom stereocenters. The van der Waals surface area contributed by atoms with E-state index in [4.69, 9.17) is 9.15 Å². The first-order valence-corrected chi connectivity index (χ1v) is 11.4. The van der Waals surface area contributed by atoms with Crippen molar-refractivity contribution in [2.45, 2.75) is 32.4 Å². The van der Waals surface area contributed by atoms with E-state index in [0.717, 1.165) is 5.56 Å². The number of rotatable bonds is 7. The minimum Gasteiger partial charge on any atom is -0.468 e. The van der Waals surface area contributed by atoms with Gasteiger partial charge < -0.3 is 14.1 Å². The van der Waals surface area contributed by atoms with E-state index in [-0.39, 0.29) is 30.4 Å². The van der Waals surface area contributed by atoms with Gasteiger partial charge in [0.2, 0.25) is 10.0 Å². The average molecular weight is 421 g/mol. The molecule has 1 aromatic carbocycles. The van der Waals surface area contributed by atoms with Crippen LogP contribution in [-0.4, -0.2) is 49.6 Å². The summed E-state index contributed by atoms with van der Waals surface area (Å²) in [7, 11) is -1.85. The van der Waals surface area contributed by atoms with Gasteiger partial charge in [-0.05, 0) is 43.4 Å². The Bertz CT molecular complexity index is 875. The van der Waals surface area contributed by atoms with E-state index < -0.39 is 10.0 Å². The Morgan fingerprint density at radius 1 is 1.21 bits per heavy atom. The summed E-state index contributed by atoms with van der Waals surface area (Å²) in [5, 5.41) is 0. The Balaban J connectivity index is 1.46. The van der Waals surface area contributed by atoms with Gasteiger partial charge in [0.1, 0.15) is 12.4 Å². The van der Waals surface area contributed by atoms with Crippen LogP contribution >= 0.6 is 0 Å². The molecule has 2 aromatic rings. The van der Waals surface area contributed by atoms with Crippen molar-refractivity contribution in [2.75, 3.05) is 25.9 Å². The molecule has 0 N–H and O–H groups in total. The van der Waals surface area contributed by atoms with E-state index in [0.29, 0.717) is 31.7 Å². The lowest BCUT2D eigenvalue weighted by Gasteiger charge is -2.32. The van der Waals surface area contributed by atoms with Crippen molar-refractivity contribution < 1.29 is 22.4 Å². The zero-order valence-corrected chi connectivity index (χ0v) is 17.7. The third-order valence-electron chi connectivity index (χ3n) is 5.46. The maximum atomic E-state index is 12.8. The van der Waals surface area contributed by atoms with Crippen LogP contribution in [0.4, 0.5) is 4.79 Å². The summed E-state index contributed by atoms with van der Waals surface area (Å²) < 4.78 is 37.6. The van der Waals surface area contributed by atoms with Crippen molar-refractivity contribution in [3.63, 3.8) is 0 Å². The Kier molecular flexibility index (Phi) is 6.97. The molecule has 1 aromatic heterocycles. The van der Waals surface area contributed by atoms with Crippen molar-refractivity contribution in [3.05, 3.63) is 60.1 Å². The second-order valence-electron chi connectivity index (χ2n) is 7.46. The lowest BCUT2D eigenvalue weighted by molar-refractivity contribution is 0.0838. The van der Waals surface area contributed by atoms with Gasteiger partial charge in [0.25, 0.3) is 0 Å². The van der Waals surface area contributed by atoms with Crippen LogP contribution in [0, 0.1) is 5.92 Å². The van der Waals surface area contributed by atoms with Gasteiger partial charge in [-0.2, -0.15) is 4.31 Å². The van der Waals surface area contributed by atoms with Crippen LogP contribution in [0.3, 0.4) is 0 Å². The molecular weight excluding hydrogens is 392 g/mol. The first-order chi connectivity index (χ1) is 13.9. The molecule has 1 atom stereocenters. The van der Waals surface area contributed by atoms with Crippen molar-refractivity contribution in [2.24, 2.45) is 5.92 Å². The molecular formula is C21H28N2O5S. The number of nitrogens with zero attached hydrogens (tertiary/aromatic N) is 2. The highest BCUT2D eigenvalue weighted by Crippen LogP contribution is 2.26. The fourth-order valence-electron chi connectivity index (χ4n) is 3.46. The number of sulfonamides is 1. The van der Waals surface area contributed by atoms with E-state index >= 15 is 0 Å². The first-order valence-electron chi connectivity index (χ1n) is 9.81. The van der Waals surface area contributed by atoms with Crippen LogP contribution < -0.4 is 0 Å². The van der Waals surface area contributed by atoms with E-state index in [2.05, 4.69) is 0 Å². The van der Waals surface area contributed by atoms with Gasteiger partial charge >= 0.3 is 6.09 Å². The molecule has 1 aliphatic heterocycles. The number of hydrogen-bond acceptors (Lipinski definition) is 5. The molecule has 3 rings (SSSR count). The predicted molar refractivity (Wildman–Crippen MR) is 110 cm³/mol. The van der Waals surface area contributed by atoms with Crippen LogP contribution in [0.2, 0.25) is 0 Å². The molecule has 0 saturated carbocycles. The van der Waals surface area contributed by atoms with E-state index in [1.54, 1.807) is 30.3 Å². The van der Waals surface area contributed by atoms with Crippen molar-refractivity contribution in [3.8, 4) is 0 Å². The average Bonchev–Trinajstić information content (AvgIpc) is 3.27. The molecule has 2 heterocycles. The molecule has 1 aliphatic rings. The molecule has 0 bridgehead atoms. The molecule has 1 saturated heterocycles. The van der Waals surface area contributed by atoms with Crippen LogP contribution in [0.15, 0.2) is 53.1 Å². The van der Waals surface area contributed by atoms with Crippen molar-refractivity contribution in [1.29, 1.82) is 0 Å². The molecule has 0 aliphatic carbocycles. The number of ether oxygens (including phenoxy) is 1. The highest BCUT2D eigenvalue weighted by atomic mass is 32.2. The van der Waals surface area contributed by atoms with Crippen molar-refractivity contribution in [1.82, 2.24) is 9.21 Å². The summed E-state index contributed by atoms with van der Waals surface area (Å²) in [5.41, 5.74) is 0.940. The molecule has 7 nitrogen and oxygen atoms in total. The SMILES string of the molecule is CC(c1ccco1)N(C)S(=O)(=O)CC1CCN(C(=O)OCc2ccccc2)CC1. The summed E-state index contributed by atoms with van der Waals surface area (Å²) in [4.78, 5) is 13.9. The normalized spacial score (nSPS) is 16.7. The van der Waals surface area contributed by atoms with Gasteiger partial charge in [0.05, 0.1) is 18.1 Å². The zero-order chi connectivity index (χ0) is 20.9. The second kappa shape index (κ2) is 9.45. The summed E-state index contributed by atoms with van der Waals surface area (Å²) in [6.07, 6.45) is 2.48. The van der Waals surface area contributed by atoms with E-state index in [1.807, 2.05) is 37.3 Å². The molecule has 29 heavy (non-hydrogen) atoms. The third-order valence-corrected chi connectivity index (χ3v) is 7.55. The molecule has 1 amide bonds. The zero-order valence-electron chi connectivity index (χ0n) is 16.9. The number of carbonyl (C=O) groups is 1. The largest absolute Gasteiger partial charge is 0.468 e. The smallest absolute Gasteiger partial charge is 0.410 e. The topological polar surface area (TPSA) is 80.1 Å². The summed E-state index contributed by atoms with van der Waals surface area (Å²) in [6.45, 7) is 3.06. The third kappa shape index (κ3) is 5.61. The van der Waals surface area contributed by atoms with Crippen LogP contribution in [0.25, 0.3) is 0 Å². The fourth-order valence-corrected chi connectivity index (χ4v) is 5.21. The minimum absolute atomic E-state index is 0.0180. The minimum atomic E-state index is -3.43. The lowest BCUT2D eigenvalue weighted by atomic mass is 9.99.